The van der Waals surface area contributed by atoms with Crippen molar-refractivity contribution in [3.8, 4) is 0 Å². The van der Waals surface area contributed by atoms with Crippen LogP contribution < -0.4 is 11.1 Å². The molecular formula is C12H9ClIN3O. The Hall–Kier alpha value is -1.34. The van der Waals surface area contributed by atoms with E-state index < -0.39 is 0 Å². The van der Waals surface area contributed by atoms with Crippen molar-refractivity contribution in [1.29, 1.82) is 0 Å². The van der Waals surface area contributed by atoms with E-state index in [9.17, 15) is 4.79 Å². The number of hydrogen-bond donors (Lipinski definition) is 2. The van der Waals surface area contributed by atoms with Crippen molar-refractivity contribution in [3.05, 3.63) is 50.8 Å². The zero-order valence-corrected chi connectivity index (χ0v) is 12.1. The summed E-state index contributed by atoms with van der Waals surface area (Å²) in [5, 5.41) is 3.41. The van der Waals surface area contributed by atoms with Crippen molar-refractivity contribution in [1.82, 2.24) is 4.98 Å². The van der Waals surface area contributed by atoms with E-state index in [1.807, 2.05) is 0 Å². The number of nitrogens with one attached hydrogen (secondary N) is 1. The van der Waals surface area contributed by atoms with E-state index >= 15 is 0 Å². The molecule has 0 saturated heterocycles. The highest BCUT2D eigenvalue weighted by atomic mass is 127. The third-order valence-corrected chi connectivity index (χ3v) is 3.40. The molecule has 1 heterocycles. The maximum Gasteiger partial charge on any atom is 0.257 e. The Morgan fingerprint density at radius 1 is 1.39 bits per heavy atom. The second kappa shape index (κ2) is 5.53. The first-order valence-corrected chi connectivity index (χ1v) is 6.49. The van der Waals surface area contributed by atoms with Crippen LogP contribution in [-0.4, -0.2) is 10.9 Å². The predicted octanol–water partition coefficient (Wildman–Crippen LogP) is 3.17. The summed E-state index contributed by atoms with van der Waals surface area (Å²) in [4.78, 5) is 15.9. The number of nitrogens with zero attached hydrogens (tertiary/aromatic N) is 1. The van der Waals surface area contributed by atoms with Gasteiger partial charge in [0.1, 0.15) is 0 Å². The van der Waals surface area contributed by atoms with E-state index in [0.29, 0.717) is 22.0 Å². The van der Waals surface area contributed by atoms with Gasteiger partial charge in [0.25, 0.3) is 5.91 Å². The van der Waals surface area contributed by atoms with Crippen LogP contribution in [0.4, 0.5) is 11.4 Å². The smallest absolute Gasteiger partial charge is 0.257 e. The summed E-state index contributed by atoms with van der Waals surface area (Å²) in [6, 6.07) is 6.82. The fraction of sp³-hybridized carbons (Fsp3) is 0. The maximum absolute atomic E-state index is 12.0. The average molecular weight is 374 g/mol. The van der Waals surface area contributed by atoms with Crippen molar-refractivity contribution in [2.75, 3.05) is 11.1 Å². The molecule has 0 spiro atoms. The van der Waals surface area contributed by atoms with Crippen LogP contribution in [0.3, 0.4) is 0 Å². The Morgan fingerprint density at radius 3 is 2.83 bits per heavy atom. The summed E-state index contributed by atoms with van der Waals surface area (Å²) in [5.41, 5.74) is 7.13. The number of nitrogen functional groups attached to an aromatic ring is 1. The number of carbonyl (C=O) groups is 1. The lowest BCUT2D eigenvalue weighted by molar-refractivity contribution is 0.102. The molecule has 18 heavy (non-hydrogen) atoms. The van der Waals surface area contributed by atoms with Gasteiger partial charge < -0.3 is 11.1 Å². The number of benzene rings is 1. The number of aromatic nitrogens is 1. The number of carbonyl (C=O) groups excluding carboxylic acids is 1. The number of anilines is 2. The summed E-state index contributed by atoms with van der Waals surface area (Å²) in [7, 11) is 0. The second-order valence-electron chi connectivity index (χ2n) is 3.54. The average Bonchev–Trinajstić information content (AvgIpc) is 2.33. The van der Waals surface area contributed by atoms with E-state index in [1.54, 1.807) is 24.3 Å². The summed E-state index contributed by atoms with van der Waals surface area (Å²) in [5.74, 6) is -0.268. The fourth-order valence-corrected chi connectivity index (χ4v) is 2.40. The summed E-state index contributed by atoms with van der Waals surface area (Å²) < 4.78 is 0.862. The molecule has 0 atom stereocenters. The van der Waals surface area contributed by atoms with Crippen LogP contribution in [0.1, 0.15) is 10.4 Å². The van der Waals surface area contributed by atoms with Crippen molar-refractivity contribution < 1.29 is 4.79 Å². The third kappa shape index (κ3) is 2.91. The van der Waals surface area contributed by atoms with Crippen molar-refractivity contribution in [2.24, 2.45) is 0 Å². The maximum atomic E-state index is 12.0. The Kier molecular flexibility index (Phi) is 4.03. The van der Waals surface area contributed by atoms with E-state index in [-0.39, 0.29) is 5.91 Å². The van der Waals surface area contributed by atoms with Gasteiger partial charge in [0.15, 0.2) is 0 Å². The van der Waals surface area contributed by atoms with E-state index in [0.717, 1.165) is 3.57 Å². The first kappa shape index (κ1) is 13.1. The van der Waals surface area contributed by atoms with Gasteiger partial charge in [-0.25, -0.2) is 0 Å². The highest BCUT2D eigenvalue weighted by Gasteiger charge is 2.11. The lowest BCUT2D eigenvalue weighted by Gasteiger charge is -2.09. The first-order chi connectivity index (χ1) is 8.58. The molecular weight excluding hydrogens is 365 g/mol. The van der Waals surface area contributed by atoms with E-state index in [1.165, 1.54) is 12.4 Å². The number of nitrogens with two attached hydrogens (primary N) is 1. The van der Waals surface area contributed by atoms with Gasteiger partial charge >= 0.3 is 0 Å². The van der Waals surface area contributed by atoms with Gasteiger partial charge in [-0.1, -0.05) is 11.6 Å². The molecule has 1 amide bonds. The molecule has 92 valence electrons. The highest BCUT2D eigenvalue weighted by Crippen LogP contribution is 2.23. The van der Waals surface area contributed by atoms with Gasteiger partial charge in [-0.2, -0.15) is 0 Å². The largest absolute Gasteiger partial charge is 0.397 e. The SMILES string of the molecule is Nc1cnccc1C(=O)Nc1ccc(Cl)cc1I. The summed E-state index contributed by atoms with van der Waals surface area (Å²) in [6.45, 7) is 0. The number of hydrogen-bond acceptors (Lipinski definition) is 3. The Balaban J connectivity index is 2.24. The molecule has 6 heteroatoms. The fourth-order valence-electron chi connectivity index (χ4n) is 1.39. The van der Waals surface area contributed by atoms with E-state index in [4.69, 9.17) is 17.3 Å². The lowest BCUT2D eigenvalue weighted by Crippen LogP contribution is -2.14. The van der Waals surface area contributed by atoms with Crippen LogP contribution in [0, 0.1) is 3.57 Å². The highest BCUT2D eigenvalue weighted by molar-refractivity contribution is 14.1. The van der Waals surface area contributed by atoms with Crippen LogP contribution in [-0.2, 0) is 0 Å². The van der Waals surface area contributed by atoms with Gasteiger partial charge in [-0.05, 0) is 46.9 Å². The minimum absolute atomic E-state index is 0.268. The molecule has 4 nitrogen and oxygen atoms in total. The number of pyridine rings is 1. The molecule has 0 saturated carbocycles. The van der Waals surface area contributed by atoms with Crippen LogP contribution in [0.5, 0.6) is 0 Å². The van der Waals surface area contributed by atoms with Crippen LogP contribution in [0.15, 0.2) is 36.7 Å². The standard InChI is InChI=1S/C12H9ClIN3O/c13-7-1-2-11(9(14)5-7)17-12(18)8-3-4-16-6-10(8)15/h1-6H,15H2,(H,17,18). The topological polar surface area (TPSA) is 68.0 Å². The van der Waals surface area contributed by atoms with Crippen LogP contribution >= 0.6 is 34.2 Å². The zero-order chi connectivity index (χ0) is 13.1. The summed E-state index contributed by atoms with van der Waals surface area (Å²) >= 11 is 7.95. The minimum Gasteiger partial charge on any atom is -0.397 e. The molecule has 3 N–H and O–H groups in total. The summed E-state index contributed by atoms with van der Waals surface area (Å²) in [6.07, 6.45) is 2.97. The molecule has 0 bridgehead atoms. The molecule has 0 aliphatic carbocycles. The van der Waals surface area contributed by atoms with Crippen LogP contribution in [0.2, 0.25) is 5.02 Å². The molecule has 0 unspecified atom stereocenters. The van der Waals surface area contributed by atoms with Gasteiger partial charge in [0.2, 0.25) is 0 Å². The second-order valence-corrected chi connectivity index (χ2v) is 5.14. The molecule has 1 aromatic carbocycles. The van der Waals surface area contributed by atoms with Crippen molar-refractivity contribution in [2.45, 2.75) is 0 Å². The number of rotatable bonds is 2. The van der Waals surface area contributed by atoms with E-state index in [2.05, 4.69) is 32.9 Å². The van der Waals surface area contributed by atoms with Crippen molar-refractivity contribution in [3.63, 3.8) is 0 Å². The zero-order valence-electron chi connectivity index (χ0n) is 9.15. The van der Waals surface area contributed by atoms with Gasteiger partial charge in [-0.3, -0.25) is 9.78 Å². The van der Waals surface area contributed by atoms with Gasteiger partial charge in [0, 0.05) is 14.8 Å². The Labute approximate surface area is 123 Å². The minimum atomic E-state index is -0.268. The third-order valence-electron chi connectivity index (χ3n) is 2.28. The number of amides is 1. The molecule has 0 radical (unpaired) electrons. The Bertz CT molecular complexity index is 604. The number of halogens is 2. The molecule has 0 aliphatic rings. The van der Waals surface area contributed by atoms with Crippen LogP contribution in [0.25, 0.3) is 0 Å². The van der Waals surface area contributed by atoms with Gasteiger partial charge in [-0.15, -0.1) is 0 Å². The van der Waals surface area contributed by atoms with Crippen molar-refractivity contribution >= 4 is 51.5 Å². The first-order valence-electron chi connectivity index (χ1n) is 5.04. The van der Waals surface area contributed by atoms with Gasteiger partial charge in [0.05, 0.1) is 23.1 Å². The predicted molar refractivity (Wildman–Crippen MR) is 80.8 cm³/mol. The monoisotopic (exact) mass is 373 g/mol. The quantitative estimate of drug-likeness (QED) is 0.795. The molecule has 1 aromatic heterocycles. The lowest BCUT2D eigenvalue weighted by atomic mass is 10.2. The molecule has 0 fully saturated rings. The molecule has 0 aliphatic heterocycles. The normalized spacial score (nSPS) is 10.1. The Morgan fingerprint density at radius 2 is 2.17 bits per heavy atom. The molecule has 2 rings (SSSR count). The molecule has 2 aromatic rings.